The third-order valence-electron chi connectivity index (χ3n) is 5.90. The molecule has 0 radical (unpaired) electrons. The average molecular weight is 436 g/mol. The number of cyclic esters (lactones) is 1. The monoisotopic (exact) mass is 435 g/mol. The maximum atomic E-state index is 13.2. The lowest BCUT2D eigenvalue weighted by atomic mass is 9.92. The number of carbonyl (C=O) groups is 3. The van der Waals surface area contributed by atoms with Crippen molar-refractivity contribution in [3.05, 3.63) is 65.2 Å². The number of fused-ring (bicyclic) bond motifs is 1. The molecule has 1 fully saturated rings. The van der Waals surface area contributed by atoms with E-state index in [1.54, 1.807) is 9.80 Å². The van der Waals surface area contributed by atoms with Crippen LogP contribution in [0.2, 0.25) is 0 Å². The molecule has 1 N–H and O–H groups in total. The summed E-state index contributed by atoms with van der Waals surface area (Å²) in [5, 5.41) is 3.00. The number of rotatable bonds is 6. The molecule has 1 atom stereocenters. The summed E-state index contributed by atoms with van der Waals surface area (Å²) in [6.45, 7) is 5.68. The van der Waals surface area contributed by atoms with Crippen molar-refractivity contribution in [3.63, 3.8) is 0 Å². The van der Waals surface area contributed by atoms with Crippen LogP contribution in [-0.2, 0) is 33.8 Å². The molecule has 7 nitrogen and oxygen atoms in total. The van der Waals surface area contributed by atoms with Crippen molar-refractivity contribution >= 4 is 23.6 Å². The summed E-state index contributed by atoms with van der Waals surface area (Å²) in [4.78, 5) is 41.2. The quantitative estimate of drug-likeness (QED) is 0.755. The lowest BCUT2D eigenvalue weighted by Gasteiger charge is -2.36. The Morgan fingerprint density at radius 2 is 1.91 bits per heavy atom. The SMILES string of the molecule is CC(C)CC(=O)N1Cc2ccccc2CC1C(=O)NCc1cccc(N2CCOC2=O)c1. The van der Waals surface area contributed by atoms with E-state index in [4.69, 9.17) is 4.74 Å². The van der Waals surface area contributed by atoms with E-state index in [9.17, 15) is 14.4 Å². The van der Waals surface area contributed by atoms with Crippen molar-refractivity contribution in [1.29, 1.82) is 0 Å². The molecule has 3 amide bonds. The molecule has 7 heteroatoms. The van der Waals surface area contributed by atoms with Crippen molar-refractivity contribution in [3.8, 4) is 0 Å². The second-order valence-corrected chi connectivity index (χ2v) is 8.76. The van der Waals surface area contributed by atoms with E-state index in [0.717, 1.165) is 22.4 Å². The van der Waals surface area contributed by atoms with Gasteiger partial charge >= 0.3 is 6.09 Å². The Kier molecular flexibility index (Phi) is 6.44. The first kappa shape index (κ1) is 21.9. The lowest BCUT2D eigenvalue weighted by Crippen LogP contribution is -2.52. The minimum absolute atomic E-state index is 0.00389. The molecule has 4 rings (SSSR count). The second kappa shape index (κ2) is 9.42. The standard InChI is InChI=1S/C25H29N3O4/c1-17(2)12-23(29)28-16-20-8-4-3-7-19(20)14-22(28)24(30)26-15-18-6-5-9-21(13-18)27-10-11-32-25(27)31/h3-9,13,17,22H,10-12,14-16H2,1-2H3,(H,26,30). The van der Waals surface area contributed by atoms with Crippen LogP contribution < -0.4 is 10.2 Å². The molecule has 0 aliphatic carbocycles. The van der Waals surface area contributed by atoms with E-state index in [2.05, 4.69) is 5.32 Å². The van der Waals surface area contributed by atoms with Gasteiger partial charge in [-0.05, 0) is 34.7 Å². The number of amides is 3. The molecule has 1 unspecified atom stereocenters. The normalized spacial score (nSPS) is 17.8. The Morgan fingerprint density at radius 3 is 2.62 bits per heavy atom. The highest BCUT2D eigenvalue weighted by Crippen LogP contribution is 2.25. The van der Waals surface area contributed by atoms with Crippen molar-refractivity contribution in [2.45, 2.75) is 45.8 Å². The third kappa shape index (κ3) is 4.77. The van der Waals surface area contributed by atoms with Gasteiger partial charge in [-0.25, -0.2) is 4.79 Å². The fourth-order valence-corrected chi connectivity index (χ4v) is 4.26. The van der Waals surface area contributed by atoms with Crippen molar-refractivity contribution in [2.24, 2.45) is 5.92 Å². The van der Waals surface area contributed by atoms with Gasteiger partial charge in [0.2, 0.25) is 11.8 Å². The zero-order valence-corrected chi connectivity index (χ0v) is 18.5. The Hall–Kier alpha value is -3.35. The lowest BCUT2D eigenvalue weighted by molar-refractivity contribution is -0.142. The molecule has 168 valence electrons. The topological polar surface area (TPSA) is 79.0 Å². The summed E-state index contributed by atoms with van der Waals surface area (Å²) in [6.07, 6.45) is 0.567. The molecular formula is C25H29N3O4. The highest BCUT2D eigenvalue weighted by Gasteiger charge is 2.34. The first-order valence-corrected chi connectivity index (χ1v) is 11.1. The number of ether oxygens (including phenoxy) is 1. The molecule has 2 heterocycles. The van der Waals surface area contributed by atoms with E-state index < -0.39 is 6.04 Å². The Morgan fingerprint density at radius 1 is 1.12 bits per heavy atom. The van der Waals surface area contributed by atoms with E-state index in [-0.39, 0.29) is 23.8 Å². The number of benzene rings is 2. The maximum absolute atomic E-state index is 13.2. The van der Waals surface area contributed by atoms with Crippen LogP contribution in [0.5, 0.6) is 0 Å². The zero-order valence-electron chi connectivity index (χ0n) is 18.5. The molecule has 0 aromatic heterocycles. The van der Waals surface area contributed by atoms with Crippen LogP contribution in [0.25, 0.3) is 0 Å². The predicted octanol–water partition coefficient (Wildman–Crippen LogP) is 3.26. The van der Waals surface area contributed by atoms with Crippen molar-refractivity contribution in [1.82, 2.24) is 10.2 Å². The molecule has 2 aromatic carbocycles. The Balaban J connectivity index is 1.47. The Labute approximate surface area is 188 Å². The van der Waals surface area contributed by atoms with Gasteiger partial charge in [0.15, 0.2) is 0 Å². The number of nitrogens with one attached hydrogen (secondary N) is 1. The van der Waals surface area contributed by atoms with Gasteiger partial charge in [0.1, 0.15) is 12.6 Å². The van der Waals surface area contributed by atoms with Gasteiger partial charge in [0.05, 0.1) is 6.54 Å². The van der Waals surface area contributed by atoms with Crippen molar-refractivity contribution in [2.75, 3.05) is 18.1 Å². The van der Waals surface area contributed by atoms with Gasteiger partial charge in [0, 0.05) is 31.6 Å². The fraction of sp³-hybridized carbons (Fsp3) is 0.400. The summed E-state index contributed by atoms with van der Waals surface area (Å²) >= 11 is 0. The van der Waals surface area contributed by atoms with Gasteiger partial charge in [-0.15, -0.1) is 0 Å². The van der Waals surface area contributed by atoms with Crippen molar-refractivity contribution < 1.29 is 19.1 Å². The highest BCUT2D eigenvalue weighted by molar-refractivity contribution is 5.90. The zero-order chi connectivity index (χ0) is 22.7. The fourth-order valence-electron chi connectivity index (χ4n) is 4.26. The van der Waals surface area contributed by atoms with Crippen LogP contribution in [0.4, 0.5) is 10.5 Å². The summed E-state index contributed by atoms with van der Waals surface area (Å²) in [7, 11) is 0. The van der Waals surface area contributed by atoms with Gasteiger partial charge in [-0.3, -0.25) is 14.5 Å². The van der Waals surface area contributed by atoms with E-state index in [1.165, 1.54) is 0 Å². The predicted molar refractivity (Wildman–Crippen MR) is 121 cm³/mol. The number of hydrogen-bond donors (Lipinski definition) is 1. The summed E-state index contributed by atoms with van der Waals surface area (Å²) in [5.41, 5.74) is 3.83. The smallest absolute Gasteiger partial charge is 0.414 e. The maximum Gasteiger partial charge on any atom is 0.414 e. The molecule has 2 aromatic rings. The van der Waals surface area contributed by atoms with Crippen LogP contribution in [0.15, 0.2) is 48.5 Å². The Bertz CT molecular complexity index is 1020. The first-order chi connectivity index (χ1) is 15.4. The second-order valence-electron chi connectivity index (χ2n) is 8.76. The highest BCUT2D eigenvalue weighted by atomic mass is 16.6. The largest absolute Gasteiger partial charge is 0.447 e. The molecular weight excluding hydrogens is 406 g/mol. The minimum atomic E-state index is -0.534. The van der Waals surface area contributed by atoms with E-state index >= 15 is 0 Å². The summed E-state index contributed by atoms with van der Waals surface area (Å²) < 4.78 is 5.01. The van der Waals surface area contributed by atoms with Gasteiger partial charge in [-0.2, -0.15) is 0 Å². The number of anilines is 1. The first-order valence-electron chi connectivity index (χ1n) is 11.1. The molecule has 0 bridgehead atoms. The average Bonchev–Trinajstić information content (AvgIpc) is 3.22. The number of nitrogens with zero attached hydrogens (tertiary/aromatic N) is 2. The minimum Gasteiger partial charge on any atom is -0.447 e. The van der Waals surface area contributed by atoms with Gasteiger partial charge < -0.3 is 15.0 Å². The van der Waals surface area contributed by atoms with Crippen LogP contribution in [0.3, 0.4) is 0 Å². The molecule has 32 heavy (non-hydrogen) atoms. The van der Waals surface area contributed by atoms with Crippen LogP contribution in [0, 0.1) is 5.92 Å². The summed E-state index contributed by atoms with van der Waals surface area (Å²) in [5.74, 6) is 0.0650. The van der Waals surface area contributed by atoms with Crippen LogP contribution in [-0.4, -0.2) is 42.0 Å². The van der Waals surface area contributed by atoms with Crippen LogP contribution >= 0.6 is 0 Å². The van der Waals surface area contributed by atoms with E-state index in [1.807, 2.05) is 62.4 Å². The van der Waals surface area contributed by atoms with Gasteiger partial charge in [0.25, 0.3) is 0 Å². The molecule has 0 spiro atoms. The molecule has 0 saturated carbocycles. The third-order valence-corrected chi connectivity index (χ3v) is 5.90. The molecule has 2 aliphatic heterocycles. The van der Waals surface area contributed by atoms with Crippen LogP contribution in [0.1, 0.15) is 37.0 Å². The van der Waals surface area contributed by atoms with E-state index in [0.29, 0.717) is 39.1 Å². The number of hydrogen-bond acceptors (Lipinski definition) is 4. The molecule has 1 saturated heterocycles. The van der Waals surface area contributed by atoms with Gasteiger partial charge in [-0.1, -0.05) is 50.2 Å². The number of carbonyl (C=O) groups excluding carboxylic acids is 3. The molecule has 2 aliphatic rings. The summed E-state index contributed by atoms with van der Waals surface area (Å²) in [6, 6.07) is 14.9.